The molecule has 106 valence electrons. The molecule has 0 amide bonds. The van der Waals surface area contributed by atoms with Gasteiger partial charge in [0, 0.05) is 0 Å². The van der Waals surface area contributed by atoms with Gasteiger partial charge < -0.3 is 5.32 Å². The minimum atomic E-state index is 0.0606. The molecular weight excluding hydrogens is 289 g/mol. The van der Waals surface area contributed by atoms with Gasteiger partial charge >= 0.3 is 0 Å². The molecular formula is C17H19Cl2N. The van der Waals surface area contributed by atoms with Crippen LogP contribution in [0.4, 0.5) is 0 Å². The van der Waals surface area contributed by atoms with Gasteiger partial charge in [-0.3, -0.25) is 0 Å². The average Bonchev–Trinajstić information content (AvgIpc) is 2.43. The zero-order valence-electron chi connectivity index (χ0n) is 12.0. The first-order valence-electron chi connectivity index (χ1n) is 6.79. The summed E-state index contributed by atoms with van der Waals surface area (Å²) in [7, 11) is 0. The third-order valence-corrected chi connectivity index (χ3v) is 4.40. The summed E-state index contributed by atoms with van der Waals surface area (Å²) in [5, 5.41) is 4.70. The fourth-order valence-electron chi connectivity index (χ4n) is 2.30. The van der Waals surface area contributed by atoms with E-state index in [9.17, 15) is 0 Å². The topological polar surface area (TPSA) is 12.0 Å². The summed E-state index contributed by atoms with van der Waals surface area (Å²) in [5.74, 6) is 0. The standard InChI is InChI=1S/C17H19Cl2N/c1-4-20-17(13-9-8-11(2)12(3)10-13)14-6-5-7-15(18)16(14)19/h5-10,17,20H,4H2,1-3H3. The molecule has 0 aromatic heterocycles. The Morgan fingerprint density at radius 1 is 1.05 bits per heavy atom. The molecule has 2 aromatic carbocycles. The summed E-state index contributed by atoms with van der Waals surface area (Å²) in [4.78, 5) is 0. The zero-order chi connectivity index (χ0) is 14.7. The summed E-state index contributed by atoms with van der Waals surface area (Å²) in [5.41, 5.74) is 4.80. The third kappa shape index (κ3) is 3.17. The molecule has 20 heavy (non-hydrogen) atoms. The average molecular weight is 308 g/mol. The van der Waals surface area contributed by atoms with Crippen LogP contribution in [-0.2, 0) is 0 Å². The van der Waals surface area contributed by atoms with E-state index in [1.165, 1.54) is 16.7 Å². The van der Waals surface area contributed by atoms with Crippen LogP contribution in [0.15, 0.2) is 36.4 Å². The molecule has 0 heterocycles. The van der Waals surface area contributed by atoms with Crippen LogP contribution in [-0.4, -0.2) is 6.54 Å². The van der Waals surface area contributed by atoms with Gasteiger partial charge in [-0.15, -0.1) is 0 Å². The largest absolute Gasteiger partial charge is 0.306 e. The fourth-order valence-corrected chi connectivity index (χ4v) is 2.72. The number of hydrogen-bond donors (Lipinski definition) is 1. The first kappa shape index (κ1) is 15.4. The van der Waals surface area contributed by atoms with Gasteiger partial charge in [0.25, 0.3) is 0 Å². The fraction of sp³-hybridized carbons (Fsp3) is 0.294. The minimum absolute atomic E-state index is 0.0606. The van der Waals surface area contributed by atoms with Gasteiger partial charge in [-0.25, -0.2) is 0 Å². The smallest absolute Gasteiger partial charge is 0.0643 e. The van der Waals surface area contributed by atoms with Crippen LogP contribution < -0.4 is 5.32 Å². The maximum atomic E-state index is 6.37. The van der Waals surface area contributed by atoms with E-state index in [1.54, 1.807) is 0 Å². The predicted molar refractivity (Wildman–Crippen MR) is 87.9 cm³/mol. The summed E-state index contributed by atoms with van der Waals surface area (Å²) >= 11 is 12.5. The van der Waals surface area contributed by atoms with E-state index in [4.69, 9.17) is 23.2 Å². The summed E-state index contributed by atoms with van der Waals surface area (Å²) in [6, 6.07) is 12.3. The molecule has 0 radical (unpaired) electrons. The lowest BCUT2D eigenvalue weighted by molar-refractivity contribution is 0.630. The molecule has 1 N–H and O–H groups in total. The molecule has 0 saturated heterocycles. The Balaban J connectivity index is 2.50. The van der Waals surface area contributed by atoms with Crippen molar-refractivity contribution in [3.05, 3.63) is 68.7 Å². The molecule has 0 aliphatic heterocycles. The van der Waals surface area contributed by atoms with Crippen LogP contribution in [0.1, 0.15) is 35.2 Å². The highest BCUT2D eigenvalue weighted by Gasteiger charge is 2.17. The van der Waals surface area contributed by atoms with E-state index in [-0.39, 0.29) is 6.04 Å². The number of hydrogen-bond acceptors (Lipinski definition) is 1. The Labute approximate surface area is 130 Å². The van der Waals surface area contributed by atoms with Crippen molar-refractivity contribution in [1.82, 2.24) is 5.32 Å². The lowest BCUT2D eigenvalue weighted by atomic mass is 9.95. The molecule has 3 heteroatoms. The predicted octanol–water partition coefficient (Wildman–Crippen LogP) is 5.31. The first-order chi connectivity index (χ1) is 9.54. The van der Waals surface area contributed by atoms with Crippen LogP contribution in [0, 0.1) is 13.8 Å². The molecule has 0 saturated carbocycles. The van der Waals surface area contributed by atoms with Gasteiger partial charge in [-0.05, 0) is 48.7 Å². The zero-order valence-corrected chi connectivity index (χ0v) is 13.5. The van der Waals surface area contributed by atoms with Crippen molar-refractivity contribution in [3.63, 3.8) is 0 Å². The van der Waals surface area contributed by atoms with Crippen molar-refractivity contribution in [2.24, 2.45) is 0 Å². The van der Waals surface area contributed by atoms with E-state index >= 15 is 0 Å². The number of nitrogens with one attached hydrogen (secondary N) is 1. The van der Waals surface area contributed by atoms with E-state index in [1.807, 2.05) is 18.2 Å². The Kier molecular flexibility index (Phi) is 5.09. The first-order valence-corrected chi connectivity index (χ1v) is 7.54. The minimum Gasteiger partial charge on any atom is -0.306 e. The molecule has 2 rings (SSSR count). The van der Waals surface area contributed by atoms with Crippen molar-refractivity contribution in [3.8, 4) is 0 Å². The van der Waals surface area contributed by atoms with E-state index in [2.05, 4.69) is 44.3 Å². The van der Waals surface area contributed by atoms with E-state index in [0.29, 0.717) is 10.0 Å². The molecule has 0 fully saturated rings. The van der Waals surface area contributed by atoms with Gasteiger partial charge in [0.15, 0.2) is 0 Å². The van der Waals surface area contributed by atoms with Crippen LogP contribution in [0.2, 0.25) is 10.0 Å². The third-order valence-electron chi connectivity index (χ3n) is 3.57. The Morgan fingerprint density at radius 2 is 1.80 bits per heavy atom. The summed E-state index contributed by atoms with van der Waals surface area (Å²) in [6.45, 7) is 7.20. The van der Waals surface area contributed by atoms with E-state index in [0.717, 1.165) is 12.1 Å². The SMILES string of the molecule is CCNC(c1ccc(C)c(C)c1)c1cccc(Cl)c1Cl. The highest BCUT2D eigenvalue weighted by molar-refractivity contribution is 6.42. The Hall–Kier alpha value is -1.02. The summed E-state index contributed by atoms with van der Waals surface area (Å²) < 4.78 is 0. The summed E-state index contributed by atoms with van der Waals surface area (Å²) in [6.07, 6.45) is 0. The molecule has 1 unspecified atom stereocenters. The van der Waals surface area contributed by atoms with Gasteiger partial charge in [0.05, 0.1) is 16.1 Å². The second-order valence-electron chi connectivity index (χ2n) is 4.98. The van der Waals surface area contributed by atoms with Gasteiger partial charge in [-0.2, -0.15) is 0 Å². The highest BCUT2D eigenvalue weighted by Crippen LogP contribution is 2.33. The molecule has 1 nitrogen and oxygen atoms in total. The molecule has 1 atom stereocenters. The van der Waals surface area contributed by atoms with Crippen molar-refractivity contribution in [2.75, 3.05) is 6.54 Å². The molecule has 0 aliphatic rings. The normalized spacial score (nSPS) is 12.4. The van der Waals surface area contributed by atoms with Crippen LogP contribution in [0.25, 0.3) is 0 Å². The number of halogens is 2. The van der Waals surface area contributed by atoms with Crippen LogP contribution in [0.3, 0.4) is 0 Å². The number of rotatable bonds is 4. The van der Waals surface area contributed by atoms with Crippen molar-refractivity contribution < 1.29 is 0 Å². The second-order valence-corrected chi connectivity index (χ2v) is 5.76. The molecule has 0 aliphatic carbocycles. The maximum Gasteiger partial charge on any atom is 0.0643 e. The number of aryl methyl sites for hydroxylation is 2. The molecule has 2 aromatic rings. The van der Waals surface area contributed by atoms with Crippen molar-refractivity contribution in [2.45, 2.75) is 26.8 Å². The number of benzene rings is 2. The quantitative estimate of drug-likeness (QED) is 0.807. The van der Waals surface area contributed by atoms with Gasteiger partial charge in [-0.1, -0.05) is 60.5 Å². The van der Waals surface area contributed by atoms with Crippen molar-refractivity contribution in [1.29, 1.82) is 0 Å². The van der Waals surface area contributed by atoms with Crippen LogP contribution >= 0.6 is 23.2 Å². The van der Waals surface area contributed by atoms with E-state index < -0.39 is 0 Å². The lowest BCUT2D eigenvalue weighted by Gasteiger charge is -2.21. The Bertz CT molecular complexity index is 608. The molecule has 0 bridgehead atoms. The highest BCUT2D eigenvalue weighted by atomic mass is 35.5. The second kappa shape index (κ2) is 6.62. The van der Waals surface area contributed by atoms with Crippen molar-refractivity contribution >= 4 is 23.2 Å². The monoisotopic (exact) mass is 307 g/mol. The maximum absolute atomic E-state index is 6.37. The van der Waals surface area contributed by atoms with Gasteiger partial charge in [0.2, 0.25) is 0 Å². The van der Waals surface area contributed by atoms with Crippen LogP contribution in [0.5, 0.6) is 0 Å². The van der Waals surface area contributed by atoms with Gasteiger partial charge in [0.1, 0.15) is 0 Å². The molecule has 0 spiro atoms. The lowest BCUT2D eigenvalue weighted by Crippen LogP contribution is -2.22. The Morgan fingerprint density at radius 3 is 2.45 bits per heavy atom.